The van der Waals surface area contributed by atoms with Crippen LogP contribution in [0.15, 0.2) is 36.7 Å². The monoisotopic (exact) mass is 290 g/mol. The van der Waals surface area contributed by atoms with Crippen molar-refractivity contribution < 1.29 is 0 Å². The SMILES string of the molecule is CC(N)C(c1ccccc1Cl)N1CCn2ccnc2C1. The van der Waals surface area contributed by atoms with E-state index >= 15 is 0 Å². The lowest BCUT2D eigenvalue weighted by Gasteiger charge is -2.37. The number of aromatic nitrogens is 2. The number of imidazole rings is 1. The van der Waals surface area contributed by atoms with E-state index in [4.69, 9.17) is 17.3 Å². The lowest BCUT2D eigenvalue weighted by atomic mass is 9.98. The van der Waals surface area contributed by atoms with E-state index in [2.05, 4.69) is 20.5 Å². The van der Waals surface area contributed by atoms with Crippen molar-refractivity contribution >= 4 is 11.6 Å². The van der Waals surface area contributed by atoms with E-state index in [9.17, 15) is 0 Å². The Morgan fingerprint density at radius 1 is 1.30 bits per heavy atom. The van der Waals surface area contributed by atoms with Crippen LogP contribution < -0.4 is 5.73 Å². The molecule has 1 aliphatic heterocycles. The molecule has 0 amide bonds. The molecule has 0 saturated heterocycles. The van der Waals surface area contributed by atoms with Crippen LogP contribution in [0.5, 0.6) is 0 Å². The molecule has 106 valence electrons. The molecule has 2 unspecified atom stereocenters. The molecule has 2 aromatic rings. The van der Waals surface area contributed by atoms with Crippen LogP contribution in [0.25, 0.3) is 0 Å². The van der Waals surface area contributed by atoms with Crippen LogP contribution in [0.3, 0.4) is 0 Å². The van der Waals surface area contributed by atoms with Crippen molar-refractivity contribution in [2.24, 2.45) is 5.73 Å². The molecule has 0 bridgehead atoms. The van der Waals surface area contributed by atoms with Crippen LogP contribution in [0.2, 0.25) is 5.02 Å². The normalized spacial score (nSPS) is 18.6. The summed E-state index contributed by atoms with van der Waals surface area (Å²) < 4.78 is 2.20. The van der Waals surface area contributed by atoms with Crippen molar-refractivity contribution in [3.8, 4) is 0 Å². The number of fused-ring (bicyclic) bond motifs is 1. The summed E-state index contributed by atoms with van der Waals surface area (Å²) in [7, 11) is 0. The molecule has 0 radical (unpaired) electrons. The first-order chi connectivity index (χ1) is 9.66. The quantitative estimate of drug-likeness (QED) is 0.944. The highest BCUT2D eigenvalue weighted by Gasteiger charge is 2.29. The number of benzene rings is 1. The maximum atomic E-state index is 6.36. The van der Waals surface area contributed by atoms with Crippen molar-refractivity contribution in [1.29, 1.82) is 0 Å². The Balaban J connectivity index is 1.91. The average Bonchev–Trinajstić information content (AvgIpc) is 2.88. The predicted molar refractivity (Wildman–Crippen MR) is 80.5 cm³/mol. The molecule has 0 aliphatic carbocycles. The molecular weight excluding hydrogens is 272 g/mol. The smallest absolute Gasteiger partial charge is 0.122 e. The van der Waals surface area contributed by atoms with Crippen molar-refractivity contribution in [2.45, 2.75) is 32.1 Å². The minimum Gasteiger partial charge on any atom is -0.333 e. The number of rotatable bonds is 3. The summed E-state index contributed by atoms with van der Waals surface area (Å²) in [5.74, 6) is 1.09. The van der Waals surface area contributed by atoms with Crippen LogP contribution in [0.1, 0.15) is 24.4 Å². The molecule has 2 N–H and O–H groups in total. The van der Waals surface area contributed by atoms with E-state index in [1.165, 1.54) is 0 Å². The topological polar surface area (TPSA) is 47.1 Å². The van der Waals surface area contributed by atoms with Gasteiger partial charge in [-0.15, -0.1) is 0 Å². The first-order valence-electron chi connectivity index (χ1n) is 6.91. The lowest BCUT2D eigenvalue weighted by molar-refractivity contribution is 0.136. The third-order valence-corrected chi connectivity index (χ3v) is 4.23. The predicted octanol–water partition coefficient (Wildman–Crippen LogP) is 2.44. The summed E-state index contributed by atoms with van der Waals surface area (Å²) >= 11 is 6.36. The Bertz CT molecular complexity index is 593. The van der Waals surface area contributed by atoms with Gasteiger partial charge in [0.1, 0.15) is 5.82 Å². The highest BCUT2D eigenvalue weighted by molar-refractivity contribution is 6.31. The van der Waals surface area contributed by atoms with Gasteiger partial charge in [0.25, 0.3) is 0 Å². The highest BCUT2D eigenvalue weighted by Crippen LogP contribution is 2.31. The lowest BCUT2D eigenvalue weighted by Crippen LogP contribution is -2.43. The Morgan fingerprint density at radius 2 is 2.10 bits per heavy atom. The van der Waals surface area contributed by atoms with Crippen molar-refractivity contribution in [3.05, 3.63) is 53.1 Å². The van der Waals surface area contributed by atoms with Gasteiger partial charge < -0.3 is 10.3 Å². The van der Waals surface area contributed by atoms with Crippen LogP contribution >= 0.6 is 11.6 Å². The minimum atomic E-state index is 0.0106. The largest absolute Gasteiger partial charge is 0.333 e. The maximum Gasteiger partial charge on any atom is 0.122 e. The number of hydrogen-bond acceptors (Lipinski definition) is 3. The number of nitrogens with zero attached hydrogens (tertiary/aromatic N) is 3. The summed E-state index contributed by atoms with van der Waals surface area (Å²) in [4.78, 5) is 6.78. The fourth-order valence-corrected chi connectivity index (χ4v) is 3.20. The molecule has 0 spiro atoms. The molecule has 2 atom stereocenters. The Hall–Kier alpha value is -1.36. The van der Waals surface area contributed by atoms with Gasteiger partial charge in [0.15, 0.2) is 0 Å². The Morgan fingerprint density at radius 3 is 2.85 bits per heavy atom. The van der Waals surface area contributed by atoms with Crippen molar-refractivity contribution in [1.82, 2.24) is 14.5 Å². The summed E-state index contributed by atoms with van der Waals surface area (Å²) in [6.45, 7) is 4.75. The van der Waals surface area contributed by atoms with Crippen LogP contribution in [0.4, 0.5) is 0 Å². The zero-order valence-electron chi connectivity index (χ0n) is 11.5. The molecule has 4 nitrogen and oxygen atoms in total. The molecule has 5 heteroatoms. The van der Waals surface area contributed by atoms with E-state index in [1.54, 1.807) is 0 Å². The number of halogens is 1. The second kappa shape index (κ2) is 5.56. The van der Waals surface area contributed by atoms with Crippen LogP contribution in [-0.4, -0.2) is 27.0 Å². The summed E-state index contributed by atoms with van der Waals surface area (Å²) in [5, 5.41) is 0.781. The Labute approximate surface area is 124 Å². The summed E-state index contributed by atoms with van der Waals surface area (Å²) in [6.07, 6.45) is 3.89. The third-order valence-electron chi connectivity index (χ3n) is 3.89. The molecular formula is C15H19ClN4. The van der Waals surface area contributed by atoms with Gasteiger partial charge in [0.2, 0.25) is 0 Å². The number of hydrogen-bond donors (Lipinski definition) is 1. The molecule has 2 heterocycles. The first kappa shape index (κ1) is 13.6. The van der Waals surface area contributed by atoms with Gasteiger partial charge in [-0.1, -0.05) is 29.8 Å². The molecule has 3 rings (SSSR count). The van der Waals surface area contributed by atoms with Crippen molar-refractivity contribution in [2.75, 3.05) is 6.54 Å². The van der Waals surface area contributed by atoms with Gasteiger partial charge in [-0.3, -0.25) is 4.90 Å². The summed E-state index contributed by atoms with van der Waals surface area (Å²) in [5.41, 5.74) is 7.34. The van der Waals surface area contributed by atoms with E-state index in [0.717, 1.165) is 36.0 Å². The van der Waals surface area contributed by atoms with E-state index < -0.39 is 0 Å². The molecule has 0 fully saturated rings. The second-order valence-corrected chi connectivity index (χ2v) is 5.74. The maximum absolute atomic E-state index is 6.36. The fourth-order valence-electron chi connectivity index (χ4n) is 2.96. The molecule has 1 aromatic carbocycles. The molecule has 0 saturated carbocycles. The molecule has 20 heavy (non-hydrogen) atoms. The number of nitrogens with two attached hydrogens (primary N) is 1. The first-order valence-corrected chi connectivity index (χ1v) is 7.28. The van der Waals surface area contributed by atoms with Gasteiger partial charge in [-0.2, -0.15) is 0 Å². The standard InChI is InChI=1S/C15H19ClN4/c1-11(17)15(12-4-2-3-5-13(12)16)20-9-8-19-7-6-18-14(19)10-20/h2-7,11,15H,8-10,17H2,1H3. The van der Waals surface area contributed by atoms with Gasteiger partial charge in [-0.25, -0.2) is 4.98 Å². The van der Waals surface area contributed by atoms with Crippen LogP contribution in [0, 0.1) is 0 Å². The van der Waals surface area contributed by atoms with E-state index in [0.29, 0.717) is 0 Å². The average molecular weight is 291 g/mol. The second-order valence-electron chi connectivity index (χ2n) is 5.33. The Kier molecular flexibility index (Phi) is 3.78. The fraction of sp³-hybridized carbons (Fsp3) is 0.400. The van der Waals surface area contributed by atoms with Gasteiger partial charge >= 0.3 is 0 Å². The molecule has 1 aliphatic rings. The zero-order valence-corrected chi connectivity index (χ0v) is 12.3. The van der Waals surface area contributed by atoms with Gasteiger partial charge in [-0.05, 0) is 18.6 Å². The highest BCUT2D eigenvalue weighted by atomic mass is 35.5. The minimum absolute atomic E-state index is 0.0106. The van der Waals surface area contributed by atoms with Crippen molar-refractivity contribution in [3.63, 3.8) is 0 Å². The third kappa shape index (κ3) is 2.46. The van der Waals surface area contributed by atoms with E-state index in [1.807, 2.05) is 37.5 Å². The van der Waals surface area contributed by atoms with Gasteiger partial charge in [0, 0.05) is 36.5 Å². The molecule has 1 aromatic heterocycles. The zero-order chi connectivity index (χ0) is 14.1. The van der Waals surface area contributed by atoms with Gasteiger partial charge in [0.05, 0.1) is 12.6 Å². The summed E-state index contributed by atoms with van der Waals surface area (Å²) in [6, 6.07) is 8.09. The van der Waals surface area contributed by atoms with Crippen LogP contribution in [-0.2, 0) is 13.1 Å². The van der Waals surface area contributed by atoms with E-state index in [-0.39, 0.29) is 12.1 Å².